The number of urea groups is 1. The predicted molar refractivity (Wildman–Crippen MR) is 88.0 cm³/mol. The van der Waals surface area contributed by atoms with Crippen molar-refractivity contribution in [1.29, 1.82) is 0 Å². The molecular formula is C14H16N6O3S. The molecule has 3 N–H and O–H groups in total. The van der Waals surface area contributed by atoms with Crippen LogP contribution in [0.15, 0.2) is 29.4 Å². The first-order chi connectivity index (χ1) is 11.6. The maximum atomic E-state index is 11.5. The van der Waals surface area contributed by atoms with Gasteiger partial charge in [0.15, 0.2) is 5.82 Å². The van der Waals surface area contributed by atoms with Gasteiger partial charge in [-0.1, -0.05) is 23.9 Å². The van der Waals surface area contributed by atoms with Crippen molar-refractivity contribution in [2.45, 2.75) is 5.16 Å². The minimum absolute atomic E-state index is 0.0501. The summed E-state index contributed by atoms with van der Waals surface area (Å²) in [5, 5.41) is 11.1. The monoisotopic (exact) mass is 348 g/mol. The maximum Gasteiger partial charge on any atom is 0.324 e. The van der Waals surface area contributed by atoms with Gasteiger partial charge in [-0.15, -0.1) is 10.2 Å². The van der Waals surface area contributed by atoms with Crippen molar-refractivity contribution in [3.05, 3.63) is 24.3 Å². The molecule has 0 radical (unpaired) electrons. The summed E-state index contributed by atoms with van der Waals surface area (Å²) < 4.78 is 6.67. The number of nitrogens with two attached hydrogens (primary N) is 1. The summed E-state index contributed by atoms with van der Waals surface area (Å²) in [5.41, 5.74) is 0.732. The summed E-state index contributed by atoms with van der Waals surface area (Å²) in [5.74, 6) is 7.43. The number of hydrogen-bond donors (Lipinski definition) is 2. The highest BCUT2D eigenvalue weighted by Gasteiger charge is 2.28. The van der Waals surface area contributed by atoms with Gasteiger partial charge >= 0.3 is 6.03 Å². The second kappa shape index (κ2) is 6.79. The molecule has 0 saturated carbocycles. The van der Waals surface area contributed by atoms with Crippen LogP contribution in [-0.4, -0.2) is 57.7 Å². The minimum Gasteiger partial charge on any atom is -0.496 e. The predicted octanol–water partition coefficient (Wildman–Crippen LogP) is 0.311. The number of carbonyl (C=O) groups excluding carboxylic acids is 2. The van der Waals surface area contributed by atoms with Crippen LogP contribution in [0.2, 0.25) is 0 Å². The van der Waals surface area contributed by atoms with Crippen LogP contribution in [0.4, 0.5) is 4.79 Å². The third-order valence-corrected chi connectivity index (χ3v) is 4.42. The Kier molecular flexibility index (Phi) is 4.56. The zero-order valence-electron chi connectivity index (χ0n) is 12.9. The Balaban J connectivity index is 1.69. The molecule has 1 fully saturated rings. The quantitative estimate of drug-likeness (QED) is 0.438. The molecule has 0 aliphatic carbocycles. The molecule has 24 heavy (non-hydrogen) atoms. The first-order valence-electron chi connectivity index (χ1n) is 7.16. The number of carbonyl (C=O) groups is 2. The van der Waals surface area contributed by atoms with Crippen molar-refractivity contribution in [1.82, 2.24) is 25.1 Å². The molecule has 10 heteroatoms. The zero-order valence-corrected chi connectivity index (χ0v) is 13.7. The van der Waals surface area contributed by atoms with Gasteiger partial charge in [-0.25, -0.2) is 9.47 Å². The highest BCUT2D eigenvalue weighted by atomic mass is 32.2. The second-order valence-corrected chi connectivity index (χ2v) is 5.99. The molecule has 2 heterocycles. The van der Waals surface area contributed by atoms with Crippen molar-refractivity contribution >= 4 is 23.7 Å². The van der Waals surface area contributed by atoms with E-state index in [2.05, 4.69) is 15.5 Å². The van der Waals surface area contributed by atoms with Crippen LogP contribution in [0.5, 0.6) is 5.75 Å². The normalized spacial score (nSPS) is 14.1. The largest absolute Gasteiger partial charge is 0.496 e. The molecule has 0 unspecified atom stereocenters. The van der Waals surface area contributed by atoms with Gasteiger partial charge in [0.25, 0.3) is 0 Å². The zero-order chi connectivity index (χ0) is 17.1. The number of imide groups is 1. The van der Waals surface area contributed by atoms with E-state index in [0.717, 1.165) is 5.56 Å². The molecule has 3 amide bonds. The van der Waals surface area contributed by atoms with E-state index in [1.54, 1.807) is 7.11 Å². The van der Waals surface area contributed by atoms with E-state index in [1.807, 2.05) is 24.3 Å². The number of thioether (sulfide) groups is 1. The molecule has 1 aromatic carbocycles. The number of rotatable bonds is 6. The third-order valence-electron chi connectivity index (χ3n) is 3.50. The van der Waals surface area contributed by atoms with E-state index in [-0.39, 0.29) is 25.0 Å². The van der Waals surface area contributed by atoms with Crippen molar-refractivity contribution in [2.24, 2.45) is 0 Å². The Labute approximate surface area is 142 Å². The maximum absolute atomic E-state index is 11.5. The van der Waals surface area contributed by atoms with Crippen molar-refractivity contribution in [2.75, 3.05) is 31.8 Å². The summed E-state index contributed by atoms with van der Waals surface area (Å²) in [6.45, 7) is 0.334. The Hall–Kier alpha value is -2.75. The molecule has 2 aromatic rings. The average Bonchev–Trinajstić information content (AvgIpc) is 3.11. The molecule has 9 nitrogen and oxygen atoms in total. The van der Waals surface area contributed by atoms with Crippen molar-refractivity contribution < 1.29 is 14.3 Å². The summed E-state index contributed by atoms with van der Waals surface area (Å²) in [7, 11) is 1.57. The number of nitrogens with one attached hydrogen (secondary N) is 1. The van der Waals surface area contributed by atoms with Gasteiger partial charge in [-0.05, 0) is 12.1 Å². The lowest BCUT2D eigenvalue weighted by Crippen LogP contribution is -2.33. The van der Waals surface area contributed by atoms with E-state index in [0.29, 0.717) is 22.5 Å². The fourth-order valence-electron chi connectivity index (χ4n) is 2.30. The van der Waals surface area contributed by atoms with Gasteiger partial charge in [-0.2, -0.15) is 0 Å². The molecule has 1 aromatic heterocycles. The molecule has 1 saturated heterocycles. The highest BCUT2D eigenvalue weighted by Crippen LogP contribution is 2.29. The molecule has 1 aliphatic heterocycles. The number of para-hydroxylation sites is 1. The van der Waals surface area contributed by atoms with Gasteiger partial charge in [0.1, 0.15) is 5.75 Å². The number of ether oxygens (including phenoxy) is 1. The van der Waals surface area contributed by atoms with E-state index in [4.69, 9.17) is 10.6 Å². The van der Waals surface area contributed by atoms with E-state index >= 15 is 0 Å². The Morgan fingerprint density at radius 2 is 2.12 bits per heavy atom. The first-order valence-corrected chi connectivity index (χ1v) is 8.15. The molecule has 126 valence electrons. The smallest absolute Gasteiger partial charge is 0.324 e. The highest BCUT2D eigenvalue weighted by molar-refractivity contribution is 7.99. The summed E-state index contributed by atoms with van der Waals surface area (Å²) in [6, 6.07) is 7.00. The van der Waals surface area contributed by atoms with Crippen molar-refractivity contribution in [3.8, 4) is 17.1 Å². The molecule has 1 aliphatic rings. The molecule has 0 atom stereocenters. The lowest BCUT2D eigenvalue weighted by molar-refractivity contribution is -0.124. The Morgan fingerprint density at radius 3 is 2.83 bits per heavy atom. The first kappa shape index (κ1) is 16.1. The van der Waals surface area contributed by atoms with Gasteiger partial charge in [0.05, 0.1) is 19.2 Å². The van der Waals surface area contributed by atoms with Crippen LogP contribution in [-0.2, 0) is 4.79 Å². The van der Waals surface area contributed by atoms with E-state index < -0.39 is 0 Å². The van der Waals surface area contributed by atoms with Crippen LogP contribution in [0.1, 0.15) is 0 Å². The number of nitrogen functional groups attached to an aromatic ring is 1. The Bertz CT molecular complexity index is 762. The number of nitrogens with zero attached hydrogens (tertiary/aromatic N) is 4. The third kappa shape index (κ3) is 3.00. The van der Waals surface area contributed by atoms with E-state index in [1.165, 1.54) is 21.3 Å². The lowest BCUT2D eigenvalue weighted by atomic mass is 10.2. The number of methoxy groups -OCH3 is 1. The fraction of sp³-hybridized carbons (Fsp3) is 0.286. The molecule has 3 rings (SSSR count). The van der Waals surface area contributed by atoms with Crippen molar-refractivity contribution in [3.63, 3.8) is 0 Å². The summed E-state index contributed by atoms with van der Waals surface area (Å²) in [6.07, 6.45) is 0. The van der Waals surface area contributed by atoms with Crippen LogP contribution >= 0.6 is 11.8 Å². The average molecular weight is 348 g/mol. The number of benzene rings is 1. The Morgan fingerprint density at radius 1 is 1.33 bits per heavy atom. The SMILES string of the molecule is COc1ccccc1-c1nnc(SCCN2C(=O)CNC2=O)n1N. The molecule has 0 bridgehead atoms. The second-order valence-electron chi connectivity index (χ2n) is 4.93. The number of hydrogen-bond acceptors (Lipinski definition) is 7. The lowest BCUT2D eigenvalue weighted by Gasteiger charge is -2.11. The number of amides is 3. The van der Waals surface area contributed by atoms with Crippen LogP contribution in [0.3, 0.4) is 0 Å². The fourth-order valence-corrected chi connectivity index (χ4v) is 3.08. The minimum atomic E-state index is -0.371. The number of aromatic nitrogens is 3. The van der Waals surface area contributed by atoms with Gasteiger partial charge in [0, 0.05) is 12.3 Å². The summed E-state index contributed by atoms with van der Waals surface area (Å²) >= 11 is 1.32. The van der Waals surface area contributed by atoms with Crippen LogP contribution in [0, 0.1) is 0 Å². The standard InChI is InChI=1S/C14H16N6O3S/c1-23-10-5-3-2-4-9(10)12-17-18-14(20(12)15)24-7-6-19-11(21)8-16-13(19)22/h2-5H,6-8,15H2,1H3,(H,16,22). The molecule has 0 spiro atoms. The van der Waals surface area contributed by atoms with Gasteiger partial charge in [-0.3, -0.25) is 9.69 Å². The van der Waals surface area contributed by atoms with E-state index in [9.17, 15) is 9.59 Å². The summed E-state index contributed by atoms with van der Waals surface area (Å²) in [4.78, 5) is 24.2. The molecular weight excluding hydrogens is 332 g/mol. The van der Waals surface area contributed by atoms with Crippen LogP contribution in [0.25, 0.3) is 11.4 Å². The van der Waals surface area contributed by atoms with Crippen LogP contribution < -0.4 is 15.9 Å². The van der Waals surface area contributed by atoms with Gasteiger partial charge in [0.2, 0.25) is 11.1 Å². The van der Waals surface area contributed by atoms with Gasteiger partial charge < -0.3 is 15.9 Å². The topological polar surface area (TPSA) is 115 Å².